The van der Waals surface area contributed by atoms with E-state index in [0.29, 0.717) is 23.9 Å². The van der Waals surface area contributed by atoms with Gasteiger partial charge in [0, 0.05) is 7.11 Å². The molecule has 1 aliphatic carbocycles. The summed E-state index contributed by atoms with van der Waals surface area (Å²) in [5.74, 6) is -1.73. The first-order valence-electron chi connectivity index (χ1n) is 6.13. The van der Waals surface area contributed by atoms with Crippen LogP contribution in [0.4, 0.5) is 13.2 Å². The molecule has 0 radical (unpaired) electrons. The predicted octanol–water partition coefficient (Wildman–Crippen LogP) is 2.13. The predicted molar refractivity (Wildman–Crippen MR) is 60.3 cm³/mol. The number of aromatic nitrogens is 3. The lowest BCUT2D eigenvalue weighted by atomic mass is 9.92. The largest absolute Gasteiger partial charge is 0.476 e. The van der Waals surface area contributed by atoms with E-state index in [1.165, 1.54) is 7.11 Å². The van der Waals surface area contributed by atoms with Crippen molar-refractivity contribution >= 4 is 5.97 Å². The number of hydrogen-bond donors (Lipinski definition) is 1. The molecule has 0 amide bonds. The van der Waals surface area contributed by atoms with E-state index < -0.39 is 29.6 Å². The molecule has 1 fully saturated rings. The van der Waals surface area contributed by atoms with Crippen LogP contribution in [0.5, 0.6) is 0 Å². The summed E-state index contributed by atoms with van der Waals surface area (Å²) in [5.41, 5.74) is -2.36. The minimum Gasteiger partial charge on any atom is -0.476 e. The van der Waals surface area contributed by atoms with Crippen molar-refractivity contribution in [1.29, 1.82) is 0 Å². The van der Waals surface area contributed by atoms with Crippen LogP contribution in [0.2, 0.25) is 0 Å². The van der Waals surface area contributed by atoms with Gasteiger partial charge in [-0.25, -0.2) is 9.48 Å². The van der Waals surface area contributed by atoms with Gasteiger partial charge in [0.1, 0.15) is 0 Å². The zero-order valence-corrected chi connectivity index (χ0v) is 10.7. The number of halogens is 3. The average molecular weight is 293 g/mol. The van der Waals surface area contributed by atoms with Crippen molar-refractivity contribution in [2.45, 2.75) is 44.0 Å². The Bertz CT molecular complexity index is 501. The van der Waals surface area contributed by atoms with E-state index in [0.717, 1.165) is 6.42 Å². The van der Waals surface area contributed by atoms with E-state index in [2.05, 4.69) is 10.3 Å². The molecule has 1 N–H and O–H groups in total. The Morgan fingerprint density at radius 3 is 2.70 bits per heavy atom. The number of carboxylic acid groups (broad SMARTS) is 1. The summed E-state index contributed by atoms with van der Waals surface area (Å²) >= 11 is 0. The fourth-order valence-corrected chi connectivity index (χ4v) is 2.51. The fourth-order valence-electron chi connectivity index (χ4n) is 2.51. The number of alkyl halides is 3. The van der Waals surface area contributed by atoms with Gasteiger partial charge in [0.05, 0.1) is 12.1 Å². The Kier molecular flexibility index (Phi) is 3.98. The third-order valence-corrected chi connectivity index (χ3v) is 3.44. The van der Waals surface area contributed by atoms with Gasteiger partial charge in [-0.3, -0.25) is 0 Å². The van der Waals surface area contributed by atoms with Gasteiger partial charge in [0.2, 0.25) is 5.69 Å². The number of aromatic carboxylic acids is 1. The van der Waals surface area contributed by atoms with Crippen molar-refractivity contribution in [3.63, 3.8) is 0 Å². The Morgan fingerprint density at radius 2 is 2.15 bits per heavy atom. The average Bonchev–Trinajstić information content (AvgIpc) is 2.83. The van der Waals surface area contributed by atoms with E-state index in [1.54, 1.807) is 0 Å². The summed E-state index contributed by atoms with van der Waals surface area (Å²) in [6, 6.07) is -0.550. The molecule has 9 heteroatoms. The SMILES string of the molecule is COC1CCCC(n2nnc(C(=O)O)c2C(F)(F)F)C1. The molecule has 0 saturated heterocycles. The summed E-state index contributed by atoms with van der Waals surface area (Å²) < 4.78 is 45.0. The summed E-state index contributed by atoms with van der Waals surface area (Å²) in [6.07, 6.45) is -2.63. The van der Waals surface area contributed by atoms with Crippen molar-refractivity contribution in [3.05, 3.63) is 11.4 Å². The van der Waals surface area contributed by atoms with Crippen LogP contribution in [0.3, 0.4) is 0 Å². The molecule has 2 atom stereocenters. The molecule has 2 rings (SSSR count). The highest BCUT2D eigenvalue weighted by molar-refractivity contribution is 5.86. The highest BCUT2D eigenvalue weighted by Gasteiger charge is 2.43. The van der Waals surface area contributed by atoms with Gasteiger partial charge in [-0.1, -0.05) is 5.21 Å². The highest BCUT2D eigenvalue weighted by atomic mass is 19.4. The standard InChI is InChI=1S/C11H14F3N3O3/c1-20-7-4-2-3-6(5-7)17-9(11(12,13)14)8(10(18)19)15-16-17/h6-7H,2-5H2,1H3,(H,18,19). The van der Waals surface area contributed by atoms with E-state index >= 15 is 0 Å². The molecule has 0 bridgehead atoms. The van der Waals surface area contributed by atoms with Gasteiger partial charge in [-0.15, -0.1) is 5.10 Å². The van der Waals surface area contributed by atoms with Crippen LogP contribution >= 0.6 is 0 Å². The van der Waals surface area contributed by atoms with Crippen LogP contribution in [0.1, 0.15) is 47.9 Å². The summed E-state index contributed by atoms with van der Waals surface area (Å²) in [6.45, 7) is 0. The van der Waals surface area contributed by atoms with Gasteiger partial charge in [0.15, 0.2) is 5.69 Å². The molecule has 0 aromatic carbocycles. The van der Waals surface area contributed by atoms with Crippen LogP contribution in [0, 0.1) is 0 Å². The van der Waals surface area contributed by atoms with E-state index in [4.69, 9.17) is 9.84 Å². The van der Waals surface area contributed by atoms with Gasteiger partial charge in [0.25, 0.3) is 0 Å². The molecule has 0 aliphatic heterocycles. The Morgan fingerprint density at radius 1 is 1.45 bits per heavy atom. The second kappa shape index (κ2) is 5.39. The zero-order valence-electron chi connectivity index (χ0n) is 10.7. The molecule has 1 aliphatic rings. The number of rotatable bonds is 3. The highest BCUT2D eigenvalue weighted by Crippen LogP contribution is 2.37. The molecule has 112 valence electrons. The number of hydrogen-bond acceptors (Lipinski definition) is 4. The van der Waals surface area contributed by atoms with Gasteiger partial charge in [-0.05, 0) is 25.7 Å². The Labute approximate surface area is 112 Å². The van der Waals surface area contributed by atoms with Crippen molar-refractivity contribution in [3.8, 4) is 0 Å². The van der Waals surface area contributed by atoms with Crippen molar-refractivity contribution in [1.82, 2.24) is 15.0 Å². The zero-order chi connectivity index (χ0) is 14.9. The first-order valence-corrected chi connectivity index (χ1v) is 6.13. The summed E-state index contributed by atoms with van der Waals surface area (Å²) in [5, 5.41) is 15.4. The van der Waals surface area contributed by atoms with Gasteiger partial charge in [-0.2, -0.15) is 13.2 Å². The maximum Gasteiger partial charge on any atom is 0.435 e. The second-order valence-electron chi connectivity index (χ2n) is 4.71. The number of ether oxygens (including phenoxy) is 1. The lowest BCUT2D eigenvalue weighted by Gasteiger charge is -2.29. The van der Waals surface area contributed by atoms with E-state index in [1.807, 2.05) is 0 Å². The first-order chi connectivity index (χ1) is 9.34. The second-order valence-corrected chi connectivity index (χ2v) is 4.71. The minimum absolute atomic E-state index is 0.146. The van der Waals surface area contributed by atoms with Crippen LogP contribution in [-0.2, 0) is 10.9 Å². The smallest absolute Gasteiger partial charge is 0.435 e. The van der Waals surface area contributed by atoms with Crippen molar-refractivity contribution < 1.29 is 27.8 Å². The molecular weight excluding hydrogens is 279 g/mol. The molecule has 2 unspecified atom stereocenters. The lowest BCUT2D eigenvalue weighted by Crippen LogP contribution is -2.28. The third kappa shape index (κ3) is 2.77. The van der Waals surface area contributed by atoms with Crippen molar-refractivity contribution in [2.75, 3.05) is 7.11 Å². The monoisotopic (exact) mass is 293 g/mol. The number of nitrogens with zero attached hydrogens (tertiary/aromatic N) is 3. The maximum absolute atomic E-state index is 13.0. The Hall–Kier alpha value is -1.64. The molecular formula is C11H14F3N3O3. The summed E-state index contributed by atoms with van der Waals surface area (Å²) in [7, 11) is 1.50. The van der Waals surface area contributed by atoms with Crippen molar-refractivity contribution in [2.24, 2.45) is 0 Å². The maximum atomic E-state index is 13.0. The topological polar surface area (TPSA) is 77.2 Å². The fraction of sp³-hybridized carbons (Fsp3) is 0.727. The molecule has 1 aromatic rings. The molecule has 1 aromatic heterocycles. The van der Waals surface area contributed by atoms with E-state index in [9.17, 15) is 18.0 Å². The van der Waals surface area contributed by atoms with Crippen LogP contribution in [0.15, 0.2) is 0 Å². The van der Waals surface area contributed by atoms with Gasteiger partial charge >= 0.3 is 12.1 Å². The van der Waals surface area contributed by atoms with Gasteiger partial charge < -0.3 is 9.84 Å². The quantitative estimate of drug-likeness (QED) is 0.923. The van der Waals surface area contributed by atoms with Crippen LogP contribution in [0.25, 0.3) is 0 Å². The van der Waals surface area contributed by atoms with Crippen LogP contribution < -0.4 is 0 Å². The molecule has 1 saturated carbocycles. The Balaban J connectivity index is 2.39. The normalized spacial score (nSPS) is 23.8. The molecule has 20 heavy (non-hydrogen) atoms. The van der Waals surface area contributed by atoms with Crippen LogP contribution in [-0.4, -0.2) is 39.3 Å². The number of methoxy groups -OCH3 is 1. The third-order valence-electron chi connectivity index (χ3n) is 3.44. The molecule has 1 heterocycles. The minimum atomic E-state index is -4.81. The summed E-state index contributed by atoms with van der Waals surface area (Å²) in [4.78, 5) is 10.8. The number of carboxylic acids is 1. The molecule has 6 nitrogen and oxygen atoms in total. The van der Waals surface area contributed by atoms with E-state index in [-0.39, 0.29) is 6.10 Å². The lowest BCUT2D eigenvalue weighted by molar-refractivity contribution is -0.146. The number of carbonyl (C=O) groups is 1. The first kappa shape index (κ1) is 14.8. The molecule has 0 spiro atoms.